The number of hydrogen-bond acceptors (Lipinski definition) is 3. The van der Waals surface area contributed by atoms with Crippen LogP contribution in [-0.4, -0.2) is 20.4 Å². The standard InChI is InChI=1S/C21H18BrFN2O3S/c22-16-10-12-17(13-11-16)29(27,28)25-20(14-15-6-2-1-3-7-15)21(26)24-19-9-5-4-8-18(19)23/h1-13,20,25H,14H2,(H,24,26)/t20-/m1/s1. The number of hydrogen-bond donors (Lipinski definition) is 2. The fraction of sp³-hybridized carbons (Fsp3) is 0.0952. The van der Waals surface area contributed by atoms with E-state index in [2.05, 4.69) is 26.0 Å². The molecule has 0 aromatic heterocycles. The first kappa shape index (κ1) is 21.2. The zero-order chi connectivity index (χ0) is 20.9. The summed E-state index contributed by atoms with van der Waals surface area (Å²) in [7, 11) is -3.97. The fourth-order valence-corrected chi connectivity index (χ4v) is 4.15. The Kier molecular flexibility index (Phi) is 6.79. The first-order valence-electron chi connectivity index (χ1n) is 8.72. The molecule has 3 aromatic rings. The average molecular weight is 477 g/mol. The number of amides is 1. The second-order valence-corrected chi connectivity index (χ2v) is 8.92. The predicted octanol–water partition coefficient (Wildman–Crippen LogP) is 4.12. The Morgan fingerprint density at radius 3 is 2.21 bits per heavy atom. The molecule has 2 N–H and O–H groups in total. The van der Waals surface area contributed by atoms with Gasteiger partial charge in [0.05, 0.1) is 10.6 Å². The lowest BCUT2D eigenvalue weighted by atomic mass is 10.1. The van der Waals surface area contributed by atoms with E-state index >= 15 is 0 Å². The highest BCUT2D eigenvalue weighted by atomic mass is 79.9. The number of carbonyl (C=O) groups excluding carboxylic acids is 1. The number of para-hydroxylation sites is 1. The Morgan fingerprint density at radius 1 is 0.931 bits per heavy atom. The van der Waals surface area contributed by atoms with Crippen molar-refractivity contribution < 1.29 is 17.6 Å². The van der Waals surface area contributed by atoms with Crippen molar-refractivity contribution in [3.05, 3.63) is 94.7 Å². The Bertz CT molecular complexity index is 1090. The van der Waals surface area contributed by atoms with Crippen molar-refractivity contribution in [3.63, 3.8) is 0 Å². The minimum atomic E-state index is -3.97. The lowest BCUT2D eigenvalue weighted by molar-refractivity contribution is -0.117. The average Bonchev–Trinajstić information content (AvgIpc) is 2.70. The molecule has 0 aliphatic rings. The normalized spacial score (nSPS) is 12.3. The van der Waals surface area contributed by atoms with Gasteiger partial charge in [-0.3, -0.25) is 4.79 Å². The molecule has 0 aliphatic heterocycles. The van der Waals surface area contributed by atoms with Crippen LogP contribution in [0, 0.1) is 5.82 Å². The van der Waals surface area contributed by atoms with Crippen molar-refractivity contribution in [1.29, 1.82) is 0 Å². The van der Waals surface area contributed by atoms with E-state index in [0.29, 0.717) is 0 Å². The Balaban J connectivity index is 1.87. The number of sulfonamides is 1. The molecule has 0 radical (unpaired) electrons. The van der Waals surface area contributed by atoms with Crippen LogP contribution in [0.3, 0.4) is 0 Å². The number of halogens is 2. The molecular formula is C21H18BrFN2O3S. The fourth-order valence-electron chi connectivity index (χ4n) is 2.69. The van der Waals surface area contributed by atoms with Crippen molar-refractivity contribution in [2.24, 2.45) is 0 Å². The number of carbonyl (C=O) groups is 1. The summed E-state index contributed by atoms with van der Waals surface area (Å²) >= 11 is 3.26. The SMILES string of the molecule is O=C(Nc1ccccc1F)[C@@H](Cc1ccccc1)NS(=O)(=O)c1ccc(Br)cc1. The summed E-state index contributed by atoms with van der Waals surface area (Å²) in [6.07, 6.45) is 0.108. The van der Waals surface area contributed by atoms with Crippen molar-refractivity contribution in [1.82, 2.24) is 4.72 Å². The van der Waals surface area contributed by atoms with Gasteiger partial charge in [-0.1, -0.05) is 58.4 Å². The second-order valence-electron chi connectivity index (χ2n) is 6.29. The molecule has 0 saturated heterocycles. The molecule has 8 heteroatoms. The first-order valence-corrected chi connectivity index (χ1v) is 11.0. The van der Waals surface area contributed by atoms with Crippen LogP contribution in [0.4, 0.5) is 10.1 Å². The van der Waals surface area contributed by atoms with Crippen LogP contribution in [0.15, 0.2) is 88.2 Å². The van der Waals surface area contributed by atoms with Gasteiger partial charge in [-0.15, -0.1) is 0 Å². The van der Waals surface area contributed by atoms with Gasteiger partial charge in [0.1, 0.15) is 11.9 Å². The maximum Gasteiger partial charge on any atom is 0.242 e. The van der Waals surface area contributed by atoms with Crippen LogP contribution in [0.25, 0.3) is 0 Å². The van der Waals surface area contributed by atoms with Gasteiger partial charge in [0.2, 0.25) is 15.9 Å². The monoisotopic (exact) mass is 476 g/mol. The highest BCUT2D eigenvalue weighted by molar-refractivity contribution is 9.10. The highest BCUT2D eigenvalue weighted by Crippen LogP contribution is 2.17. The van der Waals surface area contributed by atoms with E-state index in [4.69, 9.17) is 0 Å². The number of benzene rings is 3. The summed E-state index contributed by atoms with van der Waals surface area (Å²) < 4.78 is 42.7. The summed E-state index contributed by atoms with van der Waals surface area (Å²) in [5, 5.41) is 2.47. The molecule has 0 fully saturated rings. The lowest BCUT2D eigenvalue weighted by Gasteiger charge is -2.19. The van der Waals surface area contributed by atoms with Crippen LogP contribution < -0.4 is 10.0 Å². The molecule has 5 nitrogen and oxygen atoms in total. The van der Waals surface area contributed by atoms with Crippen LogP contribution >= 0.6 is 15.9 Å². The van der Waals surface area contributed by atoms with Gasteiger partial charge >= 0.3 is 0 Å². The van der Waals surface area contributed by atoms with E-state index in [-0.39, 0.29) is 17.0 Å². The molecule has 0 heterocycles. The predicted molar refractivity (Wildman–Crippen MR) is 113 cm³/mol. The lowest BCUT2D eigenvalue weighted by Crippen LogP contribution is -2.45. The molecule has 150 valence electrons. The van der Waals surface area contributed by atoms with Crippen LogP contribution in [0.1, 0.15) is 5.56 Å². The maximum absolute atomic E-state index is 13.9. The van der Waals surface area contributed by atoms with Crippen molar-refractivity contribution in [2.75, 3.05) is 5.32 Å². The Hall–Kier alpha value is -2.55. The molecular weight excluding hydrogens is 459 g/mol. The molecule has 3 aromatic carbocycles. The topological polar surface area (TPSA) is 75.3 Å². The van der Waals surface area contributed by atoms with E-state index in [1.807, 2.05) is 6.07 Å². The van der Waals surface area contributed by atoms with E-state index in [9.17, 15) is 17.6 Å². The number of nitrogens with one attached hydrogen (secondary N) is 2. The van der Waals surface area contributed by atoms with E-state index in [1.54, 1.807) is 42.5 Å². The van der Waals surface area contributed by atoms with E-state index < -0.39 is 27.8 Å². The summed E-state index contributed by atoms with van der Waals surface area (Å²) in [6, 6.07) is 19.6. The quantitative estimate of drug-likeness (QED) is 0.538. The minimum Gasteiger partial charge on any atom is -0.322 e. The van der Waals surface area contributed by atoms with Crippen LogP contribution in [0.2, 0.25) is 0 Å². The molecule has 0 saturated carbocycles. The summed E-state index contributed by atoms with van der Waals surface area (Å²) in [4.78, 5) is 12.8. The molecule has 3 rings (SSSR count). The molecule has 29 heavy (non-hydrogen) atoms. The molecule has 0 spiro atoms. The maximum atomic E-state index is 13.9. The Morgan fingerprint density at radius 2 is 1.55 bits per heavy atom. The third-order valence-electron chi connectivity index (χ3n) is 4.15. The van der Waals surface area contributed by atoms with E-state index in [0.717, 1.165) is 10.0 Å². The van der Waals surface area contributed by atoms with Gasteiger partial charge in [0.15, 0.2) is 0 Å². The van der Waals surface area contributed by atoms with E-state index in [1.165, 1.54) is 30.3 Å². The smallest absolute Gasteiger partial charge is 0.242 e. The van der Waals surface area contributed by atoms with Gasteiger partial charge < -0.3 is 5.32 Å². The van der Waals surface area contributed by atoms with Gasteiger partial charge in [0, 0.05) is 4.47 Å². The van der Waals surface area contributed by atoms with Crippen LogP contribution in [0.5, 0.6) is 0 Å². The largest absolute Gasteiger partial charge is 0.322 e. The summed E-state index contributed by atoms with van der Waals surface area (Å²) in [5.74, 6) is -1.25. The zero-order valence-corrected chi connectivity index (χ0v) is 17.6. The van der Waals surface area contributed by atoms with Gasteiger partial charge in [0.25, 0.3) is 0 Å². The van der Waals surface area contributed by atoms with Gasteiger partial charge in [-0.25, -0.2) is 12.8 Å². The van der Waals surface area contributed by atoms with Crippen molar-refractivity contribution >= 4 is 37.5 Å². The molecule has 1 amide bonds. The minimum absolute atomic E-state index is 0.0154. The van der Waals surface area contributed by atoms with Crippen molar-refractivity contribution in [2.45, 2.75) is 17.4 Å². The third kappa shape index (κ3) is 5.72. The van der Waals surface area contributed by atoms with Gasteiger partial charge in [-0.2, -0.15) is 4.72 Å². The first-order chi connectivity index (χ1) is 13.8. The third-order valence-corrected chi connectivity index (χ3v) is 6.17. The van der Waals surface area contributed by atoms with Gasteiger partial charge in [-0.05, 0) is 48.4 Å². The highest BCUT2D eigenvalue weighted by Gasteiger charge is 2.26. The summed E-state index contributed by atoms with van der Waals surface area (Å²) in [6.45, 7) is 0. The van der Waals surface area contributed by atoms with Crippen LogP contribution in [-0.2, 0) is 21.2 Å². The molecule has 1 atom stereocenters. The second kappa shape index (κ2) is 9.30. The number of anilines is 1. The molecule has 0 aliphatic carbocycles. The molecule has 0 bridgehead atoms. The van der Waals surface area contributed by atoms with Crippen molar-refractivity contribution in [3.8, 4) is 0 Å². The zero-order valence-electron chi connectivity index (χ0n) is 15.2. The molecule has 0 unspecified atom stereocenters. The Labute approximate surface area is 177 Å². The summed E-state index contributed by atoms with van der Waals surface area (Å²) in [5.41, 5.74) is 0.748. The number of rotatable bonds is 7.